The van der Waals surface area contributed by atoms with E-state index in [1.54, 1.807) is 6.08 Å². The van der Waals surface area contributed by atoms with Crippen LogP contribution in [0.1, 0.15) is 38.7 Å². The summed E-state index contributed by atoms with van der Waals surface area (Å²) in [4.78, 5) is 29.1. The number of hydrazine groups is 1. The molecule has 1 amide bonds. The van der Waals surface area contributed by atoms with E-state index in [-0.39, 0.29) is 17.6 Å². The number of nitrogens with two attached hydrogens (primary N) is 1. The predicted molar refractivity (Wildman–Crippen MR) is 111 cm³/mol. The van der Waals surface area contributed by atoms with Gasteiger partial charge in [0.1, 0.15) is 17.6 Å². The second kappa shape index (κ2) is 9.51. The third kappa shape index (κ3) is 5.65. The van der Waals surface area contributed by atoms with Crippen LogP contribution in [0.3, 0.4) is 0 Å². The molecule has 0 aliphatic carbocycles. The molecule has 1 aromatic carbocycles. The van der Waals surface area contributed by atoms with Gasteiger partial charge in [0, 0.05) is 24.7 Å². The van der Waals surface area contributed by atoms with Gasteiger partial charge in [-0.3, -0.25) is 9.80 Å². The fourth-order valence-corrected chi connectivity index (χ4v) is 3.92. The lowest BCUT2D eigenvalue weighted by molar-refractivity contribution is -0.136. The molecule has 1 aromatic rings. The van der Waals surface area contributed by atoms with Gasteiger partial charge in [-0.05, 0) is 55.2 Å². The topological polar surface area (TPSA) is 97.0 Å². The van der Waals surface area contributed by atoms with Crippen LogP contribution in [0.5, 0.6) is 5.75 Å². The Balaban J connectivity index is 1.77. The number of nitrogens with zero attached hydrogens (tertiary/aromatic N) is 2. The van der Waals surface area contributed by atoms with E-state index >= 15 is 0 Å². The number of amidine groups is 1. The molecule has 156 valence electrons. The minimum absolute atomic E-state index is 0.0275. The highest BCUT2D eigenvalue weighted by Gasteiger charge is 2.27. The van der Waals surface area contributed by atoms with Crippen LogP contribution in [0, 0.1) is 11.7 Å². The number of hydrogen-bond donors (Lipinski definition) is 2. The molecular weight excluding hydrogens is 395 g/mol. The number of aliphatic imine (C=N–C) groups is 1. The van der Waals surface area contributed by atoms with E-state index in [1.807, 2.05) is 18.9 Å². The van der Waals surface area contributed by atoms with Crippen LogP contribution in [-0.2, 0) is 9.59 Å². The molecule has 0 aromatic heterocycles. The number of carbonyl (C=O) groups is 2. The van der Waals surface area contributed by atoms with Crippen molar-refractivity contribution in [1.29, 1.82) is 0 Å². The number of benzene rings is 1. The van der Waals surface area contributed by atoms with Crippen molar-refractivity contribution in [3.05, 3.63) is 34.5 Å². The number of halogens is 1. The molecule has 0 radical (unpaired) electrons. The summed E-state index contributed by atoms with van der Waals surface area (Å²) in [6.45, 7) is 5.51. The highest BCUT2D eigenvalue weighted by atomic mass is 32.2. The quantitative estimate of drug-likeness (QED) is 0.429. The second-order valence-electron chi connectivity index (χ2n) is 7.42. The van der Waals surface area contributed by atoms with Crippen LogP contribution in [0.4, 0.5) is 4.39 Å². The molecule has 29 heavy (non-hydrogen) atoms. The number of thioether (sulfide) groups is 1. The van der Waals surface area contributed by atoms with Gasteiger partial charge in [-0.1, -0.05) is 13.8 Å². The van der Waals surface area contributed by atoms with Crippen molar-refractivity contribution in [3.63, 3.8) is 0 Å². The number of esters is 1. The van der Waals surface area contributed by atoms with Crippen molar-refractivity contribution < 1.29 is 18.7 Å². The molecule has 0 saturated carbocycles. The molecule has 2 aliphatic rings. The van der Waals surface area contributed by atoms with Gasteiger partial charge < -0.3 is 10.5 Å². The highest BCUT2D eigenvalue weighted by Crippen LogP contribution is 2.33. The van der Waals surface area contributed by atoms with E-state index in [9.17, 15) is 14.0 Å². The zero-order valence-electron chi connectivity index (χ0n) is 16.5. The zero-order valence-corrected chi connectivity index (χ0v) is 17.3. The number of ether oxygens (including phenoxy) is 1. The average molecular weight is 421 g/mol. The molecular formula is C20H25FN4O3S. The number of hydrogen-bond acceptors (Lipinski definition) is 7. The minimum Gasteiger partial charge on any atom is -0.425 e. The van der Waals surface area contributed by atoms with Crippen LogP contribution < -0.4 is 15.9 Å². The maximum absolute atomic E-state index is 13.8. The Hall–Kier alpha value is -2.23. The maximum Gasteiger partial charge on any atom is 0.328 e. The molecule has 0 bridgehead atoms. The Morgan fingerprint density at radius 3 is 2.93 bits per heavy atom. The number of amides is 1. The third-order valence-electron chi connectivity index (χ3n) is 4.45. The molecule has 0 unspecified atom stereocenters. The van der Waals surface area contributed by atoms with Gasteiger partial charge in [0.05, 0.1) is 4.91 Å². The Morgan fingerprint density at radius 2 is 2.24 bits per heavy atom. The van der Waals surface area contributed by atoms with Crippen molar-refractivity contribution in [3.8, 4) is 5.75 Å². The van der Waals surface area contributed by atoms with Crippen molar-refractivity contribution >= 4 is 34.9 Å². The second-order valence-corrected chi connectivity index (χ2v) is 8.43. The van der Waals surface area contributed by atoms with Crippen molar-refractivity contribution in [2.24, 2.45) is 16.6 Å². The smallest absolute Gasteiger partial charge is 0.328 e. The number of nitrogens with one attached hydrogen (secondary N) is 1. The van der Waals surface area contributed by atoms with Crippen molar-refractivity contribution in [2.45, 2.75) is 39.2 Å². The van der Waals surface area contributed by atoms with Crippen LogP contribution in [0.15, 0.2) is 28.1 Å². The molecule has 2 heterocycles. The highest BCUT2D eigenvalue weighted by molar-refractivity contribution is 8.18. The molecule has 1 atom stereocenters. The molecule has 2 aliphatic heterocycles. The van der Waals surface area contributed by atoms with Gasteiger partial charge in [0.2, 0.25) is 0 Å². The summed E-state index contributed by atoms with van der Waals surface area (Å²) in [5.74, 6) is -1.32. The van der Waals surface area contributed by atoms with Gasteiger partial charge in [-0.15, -0.1) is 0 Å². The summed E-state index contributed by atoms with van der Waals surface area (Å²) in [6, 6.07) is 3.02. The Morgan fingerprint density at radius 1 is 1.45 bits per heavy atom. The number of rotatable bonds is 5. The lowest BCUT2D eigenvalue weighted by atomic mass is 10.0. The van der Waals surface area contributed by atoms with Gasteiger partial charge in [0.15, 0.2) is 5.17 Å². The average Bonchev–Trinajstić information content (AvgIpc) is 3.04. The third-order valence-corrected chi connectivity index (χ3v) is 5.46. The van der Waals surface area contributed by atoms with Crippen molar-refractivity contribution in [1.82, 2.24) is 10.4 Å². The first-order valence-electron chi connectivity index (χ1n) is 9.64. The fourth-order valence-electron chi connectivity index (χ4n) is 3.01. The molecule has 0 spiro atoms. The normalized spacial score (nSPS) is 19.6. The van der Waals surface area contributed by atoms with E-state index in [4.69, 9.17) is 10.5 Å². The first kappa shape index (κ1) is 21.5. The molecule has 9 heteroatoms. The number of carbonyl (C=O) groups excluding carboxylic acids is 2. The van der Waals surface area contributed by atoms with Crippen LogP contribution >= 0.6 is 11.8 Å². The Labute approximate surface area is 173 Å². The zero-order chi connectivity index (χ0) is 21.0. The maximum atomic E-state index is 13.8. The molecule has 3 rings (SSSR count). The van der Waals surface area contributed by atoms with Gasteiger partial charge in [0.25, 0.3) is 5.91 Å². The van der Waals surface area contributed by atoms with Crippen LogP contribution in [0.25, 0.3) is 6.08 Å². The molecule has 7 nitrogen and oxygen atoms in total. The van der Waals surface area contributed by atoms with E-state index in [2.05, 4.69) is 10.4 Å². The Bertz CT molecular complexity index is 850. The SMILES string of the molecule is CC(C)C[C@@H](N)C(=O)Oc1cc(F)ccc1C=C1SC(N2CCCCN2)=NC1=O. The minimum atomic E-state index is -0.804. The van der Waals surface area contributed by atoms with E-state index in [0.717, 1.165) is 32.0 Å². The summed E-state index contributed by atoms with van der Waals surface area (Å²) in [6.07, 6.45) is 4.12. The van der Waals surface area contributed by atoms with E-state index in [1.165, 1.54) is 23.9 Å². The van der Waals surface area contributed by atoms with E-state index < -0.39 is 17.8 Å². The Kier molecular flexibility index (Phi) is 7.05. The lowest BCUT2D eigenvalue weighted by Crippen LogP contribution is -2.45. The summed E-state index contributed by atoms with van der Waals surface area (Å²) >= 11 is 1.23. The molecule has 1 fully saturated rings. The summed E-state index contributed by atoms with van der Waals surface area (Å²) < 4.78 is 19.1. The fraction of sp³-hybridized carbons (Fsp3) is 0.450. The first-order valence-corrected chi connectivity index (χ1v) is 10.5. The predicted octanol–water partition coefficient (Wildman–Crippen LogP) is 2.68. The first-order chi connectivity index (χ1) is 13.8. The monoisotopic (exact) mass is 420 g/mol. The van der Waals surface area contributed by atoms with Gasteiger partial charge in [-0.25, -0.2) is 14.6 Å². The van der Waals surface area contributed by atoms with Gasteiger partial charge >= 0.3 is 5.97 Å². The lowest BCUT2D eigenvalue weighted by Gasteiger charge is -2.28. The molecule has 3 N–H and O–H groups in total. The largest absolute Gasteiger partial charge is 0.425 e. The summed E-state index contributed by atoms with van der Waals surface area (Å²) in [5.41, 5.74) is 9.49. The van der Waals surface area contributed by atoms with Crippen LogP contribution in [0.2, 0.25) is 0 Å². The van der Waals surface area contributed by atoms with Crippen molar-refractivity contribution in [2.75, 3.05) is 13.1 Å². The van der Waals surface area contributed by atoms with Gasteiger partial charge in [-0.2, -0.15) is 4.99 Å². The molecule has 1 saturated heterocycles. The summed E-state index contributed by atoms with van der Waals surface area (Å²) in [5, 5.41) is 2.45. The van der Waals surface area contributed by atoms with E-state index in [0.29, 0.717) is 22.1 Å². The standard InChI is InChI=1S/C20H25FN4O3S/c1-12(2)9-15(22)19(27)28-16-11-14(21)6-5-13(16)10-17-18(26)24-20(29-17)25-8-4-3-7-23-25/h5-6,10-12,15,23H,3-4,7-9,22H2,1-2H3/t15-/m1/s1. The van der Waals surface area contributed by atoms with Crippen LogP contribution in [-0.4, -0.2) is 41.2 Å². The summed E-state index contributed by atoms with van der Waals surface area (Å²) in [7, 11) is 0.